The molecular weight excluding hydrogens is 759 g/mol. The Morgan fingerprint density at radius 2 is 1.20 bits per heavy atom. The van der Waals surface area contributed by atoms with Crippen molar-refractivity contribution in [3.63, 3.8) is 0 Å². The Kier molecular flexibility index (Phi) is 13.6. The molecule has 1 heterocycles. The zero-order valence-corrected chi connectivity index (χ0v) is 34.3. The largest absolute Gasteiger partial charge is 0.457 e. The van der Waals surface area contributed by atoms with Crippen LogP contribution in [0.25, 0.3) is 11.1 Å². The van der Waals surface area contributed by atoms with Gasteiger partial charge in [0.15, 0.2) is 6.29 Å². The summed E-state index contributed by atoms with van der Waals surface area (Å²) in [5.41, 5.74) is 9.09. The molecule has 61 heavy (non-hydrogen) atoms. The molecule has 8 heteroatoms. The summed E-state index contributed by atoms with van der Waals surface area (Å²) in [5.74, 6) is 1.49. The maximum absolute atomic E-state index is 12.8. The van der Waals surface area contributed by atoms with Crippen LogP contribution in [0.4, 0.5) is 10.5 Å². The number of aliphatic hydroxyl groups is 1. The van der Waals surface area contributed by atoms with E-state index in [0.29, 0.717) is 24.5 Å². The molecule has 1 aliphatic heterocycles. The smallest absolute Gasteiger partial charge is 0.319 e. The second-order valence-electron chi connectivity index (χ2n) is 15.5. The van der Waals surface area contributed by atoms with E-state index in [2.05, 4.69) is 132 Å². The highest BCUT2D eigenvalue weighted by atomic mass is 16.7. The number of nitrogens with zero attached hydrogens (tertiary/aromatic N) is 1. The minimum atomic E-state index is -0.588. The van der Waals surface area contributed by atoms with Gasteiger partial charge in [-0.3, -0.25) is 4.90 Å². The summed E-state index contributed by atoms with van der Waals surface area (Å²) in [6, 6.07) is 62.3. The lowest BCUT2D eigenvalue weighted by Crippen LogP contribution is -2.44. The summed E-state index contributed by atoms with van der Waals surface area (Å²) >= 11 is 0. The minimum absolute atomic E-state index is 0.00758. The fourth-order valence-electron chi connectivity index (χ4n) is 7.73. The first kappa shape index (κ1) is 41.2. The standard InChI is InChI=1S/C53H51N3O5/c1-38-50(36-56(34-39-12-5-2-6-13-39)35-40-14-7-3-8-15-40)60-52(61-51(38)44-22-20-41(37-57)21-23-44)45-26-24-43(25-27-45)46-17-11-16-42(32-46)33-54-53(58)55-47-28-30-49(31-29-47)59-48-18-9-4-10-19-48/h2-32,38,50-52,57H,33-37H2,1H3,(H2,54,55,58)/t38-,50+,51+,52+/m1/s1. The number of ether oxygens (including phenoxy) is 3. The number of amides is 2. The normalized spacial score (nSPS) is 17.4. The van der Waals surface area contributed by atoms with Crippen molar-refractivity contribution in [1.82, 2.24) is 10.2 Å². The molecule has 0 aliphatic carbocycles. The van der Waals surface area contributed by atoms with Crippen LogP contribution in [-0.2, 0) is 35.7 Å². The topological polar surface area (TPSA) is 92.3 Å². The number of benzene rings is 7. The van der Waals surface area contributed by atoms with E-state index in [1.807, 2.05) is 78.9 Å². The highest BCUT2D eigenvalue weighted by Gasteiger charge is 2.39. The first-order valence-electron chi connectivity index (χ1n) is 20.8. The van der Waals surface area contributed by atoms with Gasteiger partial charge in [-0.25, -0.2) is 4.79 Å². The lowest BCUT2D eigenvalue weighted by molar-refractivity contribution is -0.276. The molecule has 0 aromatic heterocycles. The minimum Gasteiger partial charge on any atom is -0.457 e. The van der Waals surface area contributed by atoms with Crippen molar-refractivity contribution in [3.05, 3.63) is 221 Å². The SMILES string of the molecule is C[C@@H]1[C@H](CN(Cc2ccccc2)Cc2ccccc2)O[C@H](c2ccc(-c3cccc(CNC(=O)Nc4ccc(Oc5ccccc5)cc4)c3)cc2)O[C@@H]1c1ccc(CO)cc1. The van der Waals surface area contributed by atoms with Gasteiger partial charge >= 0.3 is 6.03 Å². The van der Waals surface area contributed by atoms with Crippen molar-refractivity contribution < 1.29 is 24.1 Å². The van der Waals surface area contributed by atoms with Crippen molar-refractivity contribution in [2.24, 2.45) is 5.92 Å². The van der Waals surface area contributed by atoms with Crippen molar-refractivity contribution in [2.75, 3.05) is 11.9 Å². The highest BCUT2D eigenvalue weighted by molar-refractivity contribution is 5.89. The van der Waals surface area contributed by atoms with Crippen molar-refractivity contribution in [3.8, 4) is 22.6 Å². The van der Waals surface area contributed by atoms with Crippen molar-refractivity contribution in [1.29, 1.82) is 0 Å². The van der Waals surface area contributed by atoms with Crippen LogP contribution in [-0.4, -0.2) is 28.7 Å². The maximum atomic E-state index is 12.8. The van der Waals surface area contributed by atoms with Crippen LogP contribution in [0.1, 0.15) is 52.7 Å². The average Bonchev–Trinajstić information content (AvgIpc) is 3.31. The van der Waals surface area contributed by atoms with Gasteiger partial charge in [0.2, 0.25) is 0 Å². The van der Waals surface area contributed by atoms with E-state index >= 15 is 0 Å². The van der Waals surface area contributed by atoms with Gasteiger partial charge in [-0.1, -0.05) is 153 Å². The zero-order chi connectivity index (χ0) is 41.8. The summed E-state index contributed by atoms with van der Waals surface area (Å²) in [5, 5.41) is 15.6. The van der Waals surface area contributed by atoms with Gasteiger partial charge < -0.3 is 30.0 Å². The van der Waals surface area contributed by atoms with Gasteiger partial charge in [0.05, 0.1) is 18.8 Å². The number of nitrogens with one attached hydrogen (secondary N) is 2. The van der Waals surface area contributed by atoms with Gasteiger partial charge in [0.1, 0.15) is 11.5 Å². The number of hydrogen-bond donors (Lipinski definition) is 3. The van der Waals surface area contributed by atoms with Crippen LogP contribution in [0, 0.1) is 5.92 Å². The number of para-hydroxylation sites is 1. The fourth-order valence-corrected chi connectivity index (χ4v) is 7.73. The van der Waals surface area contributed by atoms with Crippen LogP contribution < -0.4 is 15.4 Å². The second kappa shape index (κ2) is 20.1. The molecule has 0 unspecified atom stereocenters. The molecule has 1 aliphatic rings. The number of aliphatic hydroxyl groups excluding tert-OH is 1. The van der Waals surface area contributed by atoms with Crippen molar-refractivity contribution >= 4 is 11.7 Å². The molecule has 3 N–H and O–H groups in total. The molecule has 0 bridgehead atoms. The molecule has 8 nitrogen and oxygen atoms in total. The van der Waals surface area contributed by atoms with Gasteiger partial charge in [0, 0.05) is 43.3 Å². The Balaban J connectivity index is 0.945. The highest BCUT2D eigenvalue weighted by Crippen LogP contribution is 2.42. The summed E-state index contributed by atoms with van der Waals surface area (Å²) in [4.78, 5) is 15.3. The summed E-state index contributed by atoms with van der Waals surface area (Å²) < 4.78 is 19.6. The van der Waals surface area contributed by atoms with E-state index in [4.69, 9.17) is 14.2 Å². The third-order valence-corrected chi connectivity index (χ3v) is 11.0. The molecule has 4 atom stereocenters. The molecule has 0 saturated carbocycles. The molecule has 1 fully saturated rings. The third-order valence-electron chi connectivity index (χ3n) is 11.0. The molecule has 0 radical (unpaired) electrons. The first-order valence-corrected chi connectivity index (χ1v) is 20.8. The van der Waals surface area contributed by atoms with E-state index in [1.165, 1.54) is 11.1 Å². The number of anilines is 1. The second-order valence-corrected chi connectivity index (χ2v) is 15.5. The number of carbonyl (C=O) groups is 1. The van der Waals surface area contributed by atoms with E-state index in [-0.39, 0.29) is 30.8 Å². The van der Waals surface area contributed by atoms with E-state index in [9.17, 15) is 9.90 Å². The number of hydrogen-bond acceptors (Lipinski definition) is 6. The number of rotatable bonds is 15. The van der Waals surface area contributed by atoms with Gasteiger partial charge in [-0.05, 0) is 81.4 Å². The maximum Gasteiger partial charge on any atom is 0.319 e. The van der Waals surface area contributed by atoms with Crippen LogP contribution in [0.3, 0.4) is 0 Å². The van der Waals surface area contributed by atoms with Crippen LogP contribution >= 0.6 is 0 Å². The summed E-state index contributed by atoms with van der Waals surface area (Å²) in [7, 11) is 0. The fraction of sp³-hybridized carbons (Fsp3) is 0.189. The van der Waals surface area contributed by atoms with Gasteiger partial charge in [-0.15, -0.1) is 0 Å². The molecule has 7 aromatic rings. The van der Waals surface area contributed by atoms with Crippen molar-refractivity contribution in [2.45, 2.75) is 51.7 Å². The molecule has 7 aromatic carbocycles. The van der Waals surface area contributed by atoms with Crippen LogP contribution in [0.5, 0.6) is 11.5 Å². The zero-order valence-electron chi connectivity index (χ0n) is 34.3. The quantitative estimate of drug-likeness (QED) is 0.0955. The molecule has 308 valence electrons. The summed E-state index contributed by atoms with van der Waals surface area (Å²) in [6.45, 7) is 4.86. The monoisotopic (exact) mass is 809 g/mol. The Bertz CT molecular complexity index is 2390. The van der Waals surface area contributed by atoms with Gasteiger partial charge in [0.25, 0.3) is 0 Å². The molecule has 8 rings (SSSR count). The summed E-state index contributed by atoms with van der Waals surface area (Å²) in [6.07, 6.45) is -0.946. The Hall–Kier alpha value is -6.55. The van der Waals surface area contributed by atoms with E-state index < -0.39 is 6.29 Å². The predicted octanol–water partition coefficient (Wildman–Crippen LogP) is 11.5. The van der Waals surface area contributed by atoms with Crippen LogP contribution in [0.15, 0.2) is 188 Å². The average molecular weight is 810 g/mol. The van der Waals surface area contributed by atoms with Crippen LogP contribution in [0.2, 0.25) is 0 Å². The molecule has 1 saturated heterocycles. The Morgan fingerprint density at radius 1 is 0.607 bits per heavy atom. The lowest BCUT2D eigenvalue weighted by atomic mass is 9.89. The third kappa shape index (κ3) is 11.2. The molecular formula is C53H51N3O5. The predicted molar refractivity (Wildman–Crippen MR) is 241 cm³/mol. The number of urea groups is 1. The van der Waals surface area contributed by atoms with E-state index in [0.717, 1.165) is 52.2 Å². The first-order chi connectivity index (χ1) is 30.0. The van der Waals surface area contributed by atoms with E-state index in [1.54, 1.807) is 0 Å². The Morgan fingerprint density at radius 3 is 1.84 bits per heavy atom. The lowest BCUT2D eigenvalue weighted by Gasteiger charge is -2.43. The molecule has 2 amide bonds. The Labute approximate surface area is 358 Å². The molecule has 0 spiro atoms. The number of carbonyl (C=O) groups excluding carboxylic acids is 1. The van der Waals surface area contributed by atoms with Gasteiger partial charge in [-0.2, -0.15) is 0 Å².